The molecule has 2 aliphatic rings. The number of ether oxygens (including phenoxy) is 3. The Morgan fingerprint density at radius 1 is 1.11 bits per heavy atom. The first-order valence-corrected chi connectivity index (χ1v) is 11.4. The van der Waals surface area contributed by atoms with Crippen LogP contribution >= 0.6 is 0 Å². The zero-order valence-corrected chi connectivity index (χ0v) is 19.8. The van der Waals surface area contributed by atoms with E-state index in [1.54, 1.807) is 6.07 Å². The second kappa shape index (κ2) is 9.86. The molecule has 2 fully saturated rings. The van der Waals surface area contributed by atoms with Crippen molar-refractivity contribution in [1.82, 2.24) is 25.5 Å². The third kappa shape index (κ3) is 5.29. The molecule has 2 saturated heterocycles. The fourth-order valence-electron chi connectivity index (χ4n) is 4.31. The molecule has 2 N–H and O–H groups in total. The van der Waals surface area contributed by atoms with Crippen molar-refractivity contribution in [2.24, 2.45) is 0 Å². The monoisotopic (exact) mass is 519 g/mol. The minimum Gasteiger partial charge on any atom is -0.423 e. The van der Waals surface area contributed by atoms with E-state index >= 15 is 0 Å². The number of hydrogen-bond donors (Lipinski definition) is 2. The van der Waals surface area contributed by atoms with Gasteiger partial charge < -0.3 is 29.7 Å². The number of benzene rings is 2. The third-order valence-electron chi connectivity index (χ3n) is 6.11. The van der Waals surface area contributed by atoms with Crippen molar-refractivity contribution in [2.75, 3.05) is 37.5 Å². The van der Waals surface area contributed by atoms with Crippen LogP contribution in [0.15, 0.2) is 48.5 Å². The lowest BCUT2D eigenvalue weighted by Crippen LogP contribution is -2.45. The molecule has 2 amide bonds. The van der Waals surface area contributed by atoms with Crippen LogP contribution in [0.25, 0.3) is 0 Å². The highest BCUT2D eigenvalue weighted by Gasteiger charge is 2.50. The second-order valence-corrected chi connectivity index (χ2v) is 8.85. The average Bonchev–Trinajstić information content (AvgIpc) is 3.57. The number of alkyl halides is 3. The van der Waals surface area contributed by atoms with Crippen molar-refractivity contribution in [3.63, 3.8) is 0 Å². The van der Waals surface area contributed by atoms with Crippen molar-refractivity contribution >= 4 is 17.4 Å². The van der Waals surface area contributed by atoms with Gasteiger partial charge in [-0.05, 0) is 40.8 Å². The fraction of sp³-hybridized carbons (Fsp3) is 0.391. The Hall–Kier alpha value is -3.91. The van der Waals surface area contributed by atoms with E-state index in [-0.39, 0.29) is 24.9 Å². The summed E-state index contributed by atoms with van der Waals surface area (Å²) in [6.45, 7) is 0.354. The van der Waals surface area contributed by atoms with E-state index in [9.17, 15) is 18.0 Å². The van der Waals surface area contributed by atoms with Gasteiger partial charge in [-0.2, -0.15) is 17.9 Å². The molecule has 4 atom stereocenters. The van der Waals surface area contributed by atoms with E-state index in [4.69, 9.17) is 14.2 Å². The number of amides is 2. The highest BCUT2D eigenvalue weighted by molar-refractivity contribution is 5.89. The van der Waals surface area contributed by atoms with E-state index in [2.05, 4.69) is 26.2 Å². The van der Waals surface area contributed by atoms with Crippen LogP contribution in [-0.2, 0) is 15.7 Å². The molecule has 0 bridgehead atoms. The highest BCUT2D eigenvalue weighted by Crippen LogP contribution is 2.36. The number of fused-ring (bicyclic) bond motifs is 1. The maximum Gasteiger partial charge on any atom is 0.416 e. The minimum atomic E-state index is -4.51. The summed E-state index contributed by atoms with van der Waals surface area (Å²) in [5, 5.41) is 16.9. The van der Waals surface area contributed by atoms with Crippen molar-refractivity contribution in [3.05, 3.63) is 54.1 Å². The number of urea groups is 1. The van der Waals surface area contributed by atoms with Crippen molar-refractivity contribution in [1.29, 1.82) is 0 Å². The lowest BCUT2D eigenvalue weighted by atomic mass is 10.1. The molecule has 0 radical (unpaired) electrons. The van der Waals surface area contributed by atoms with Gasteiger partial charge in [0.05, 0.1) is 24.8 Å². The summed E-state index contributed by atoms with van der Waals surface area (Å²) in [5.74, 6) is 0.552. The summed E-state index contributed by atoms with van der Waals surface area (Å²) in [5.41, 5.74) is 0.100. The van der Waals surface area contributed by atoms with Crippen LogP contribution in [0.5, 0.6) is 11.8 Å². The predicted octanol–water partition coefficient (Wildman–Crippen LogP) is 3.08. The Morgan fingerprint density at radius 2 is 1.89 bits per heavy atom. The molecule has 11 nitrogen and oxygen atoms in total. The SMILES string of the molecule is CN(C)c1cccc(Oc2nnnn2[C@H]2CO[C@H]3[C@@H]2OC[C@@H]3NC(=O)Nc2cccc(C(F)(F)F)c2)c1. The molecule has 2 aliphatic heterocycles. The summed E-state index contributed by atoms with van der Waals surface area (Å²) in [6.07, 6.45) is -5.49. The van der Waals surface area contributed by atoms with Gasteiger partial charge in [-0.15, -0.1) is 0 Å². The van der Waals surface area contributed by atoms with Gasteiger partial charge in [-0.25, -0.2) is 4.79 Å². The van der Waals surface area contributed by atoms with E-state index in [1.807, 2.05) is 37.2 Å². The lowest BCUT2D eigenvalue weighted by molar-refractivity contribution is -0.137. The van der Waals surface area contributed by atoms with Crippen molar-refractivity contribution in [2.45, 2.75) is 30.5 Å². The molecule has 3 heterocycles. The maximum absolute atomic E-state index is 12.9. The molecule has 0 spiro atoms. The number of aromatic nitrogens is 4. The Labute approximate surface area is 209 Å². The van der Waals surface area contributed by atoms with E-state index in [0.717, 1.165) is 17.8 Å². The average molecular weight is 519 g/mol. The number of nitrogens with one attached hydrogen (secondary N) is 2. The van der Waals surface area contributed by atoms with Crippen LogP contribution in [0, 0.1) is 0 Å². The minimum absolute atomic E-state index is 0.0156. The first-order chi connectivity index (χ1) is 17.7. The first kappa shape index (κ1) is 24.8. The van der Waals surface area contributed by atoms with Gasteiger partial charge in [-0.1, -0.05) is 17.2 Å². The third-order valence-corrected chi connectivity index (χ3v) is 6.11. The number of halogens is 3. The molecule has 0 unspecified atom stereocenters. The summed E-state index contributed by atoms with van der Waals surface area (Å²) in [6, 6.07) is 10.4. The summed E-state index contributed by atoms with van der Waals surface area (Å²) < 4.78 is 58.0. The van der Waals surface area contributed by atoms with Crippen LogP contribution < -0.4 is 20.3 Å². The van der Waals surface area contributed by atoms with E-state index in [0.29, 0.717) is 5.75 Å². The molecule has 37 heavy (non-hydrogen) atoms. The highest BCUT2D eigenvalue weighted by atomic mass is 19.4. The van der Waals surface area contributed by atoms with Gasteiger partial charge in [0, 0.05) is 31.5 Å². The van der Waals surface area contributed by atoms with Gasteiger partial charge in [-0.3, -0.25) is 0 Å². The van der Waals surface area contributed by atoms with Crippen molar-refractivity contribution < 1.29 is 32.2 Å². The normalized spacial score (nSPS) is 22.9. The molecule has 3 aromatic rings. The number of tetrazole rings is 1. The Bertz CT molecular complexity index is 1270. The topological polar surface area (TPSA) is 116 Å². The Kier molecular flexibility index (Phi) is 6.60. The van der Waals surface area contributed by atoms with Crippen LogP contribution in [0.1, 0.15) is 11.6 Å². The van der Waals surface area contributed by atoms with Gasteiger partial charge in [0.25, 0.3) is 0 Å². The lowest BCUT2D eigenvalue weighted by Gasteiger charge is -2.19. The number of nitrogens with zero attached hydrogens (tertiary/aromatic N) is 5. The summed E-state index contributed by atoms with van der Waals surface area (Å²) >= 11 is 0. The van der Waals surface area contributed by atoms with Gasteiger partial charge in [0.1, 0.15) is 24.0 Å². The second-order valence-electron chi connectivity index (χ2n) is 8.85. The molecule has 196 valence electrons. The van der Waals surface area contributed by atoms with E-state index in [1.165, 1.54) is 16.8 Å². The number of rotatable bonds is 6. The first-order valence-electron chi connectivity index (χ1n) is 11.4. The summed E-state index contributed by atoms with van der Waals surface area (Å²) in [7, 11) is 3.84. The molecule has 1 aromatic heterocycles. The zero-order valence-electron chi connectivity index (χ0n) is 19.8. The number of anilines is 2. The molecule has 0 aliphatic carbocycles. The Balaban J connectivity index is 1.22. The molecular formula is C23H24F3N7O4. The molecule has 5 rings (SSSR count). The van der Waals surface area contributed by atoms with Gasteiger partial charge >= 0.3 is 18.2 Å². The molecule has 14 heteroatoms. The molecule has 2 aromatic carbocycles. The van der Waals surface area contributed by atoms with E-state index < -0.39 is 42.1 Å². The van der Waals surface area contributed by atoms with Crippen molar-refractivity contribution in [3.8, 4) is 11.8 Å². The van der Waals surface area contributed by atoms with Gasteiger partial charge in [0.2, 0.25) is 0 Å². The predicted molar refractivity (Wildman–Crippen MR) is 125 cm³/mol. The summed E-state index contributed by atoms with van der Waals surface area (Å²) in [4.78, 5) is 14.4. The standard InChI is InChI=1S/C23H24F3N7O4/c1-32(2)15-7-4-8-16(10-15)37-22-29-30-31-33(22)18-12-36-19-17(11-35-20(18)19)28-21(34)27-14-6-3-5-13(9-14)23(24,25)26/h3-10,17-20H,11-12H2,1-2H3,(H2,27,28,34)/t17-,18-,19+,20+/m0/s1. The van der Waals surface area contributed by atoms with Crippen LogP contribution in [0.3, 0.4) is 0 Å². The molecule has 0 saturated carbocycles. The smallest absolute Gasteiger partial charge is 0.416 e. The maximum atomic E-state index is 12.9. The Morgan fingerprint density at radius 3 is 2.68 bits per heavy atom. The zero-order chi connectivity index (χ0) is 26.2. The largest absolute Gasteiger partial charge is 0.423 e. The van der Waals surface area contributed by atoms with Crippen LogP contribution in [0.2, 0.25) is 0 Å². The number of hydrogen-bond acceptors (Lipinski definition) is 8. The fourth-order valence-corrected chi connectivity index (χ4v) is 4.31. The quantitative estimate of drug-likeness (QED) is 0.511. The molecular weight excluding hydrogens is 495 g/mol. The van der Waals surface area contributed by atoms with Gasteiger partial charge in [0.15, 0.2) is 0 Å². The number of carbonyl (C=O) groups is 1. The van der Waals surface area contributed by atoms with Crippen LogP contribution in [-0.4, -0.2) is 71.8 Å². The van der Waals surface area contributed by atoms with Crippen LogP contribution in [0.4, 0.5) is 29.3 Å². The number of carbonyl (C=O) groups excluding carboxylic acids is 1.